The third-order valence-electron chi connectivity index (χ3n) is 4.28. The number of aryl methyl sites for hydroxylation is 1. The molecule has 138 valence electrons. The molecule has 3 heterocycles. The van der Waals surface area contributed by atoms with E-state index in [4.69, 9.17) is 5.73 Å². The number of rotatable bonds is 4. The lowest BCUT2D eigenvalue weighted by molar-refractivity contribution is 0.0993. The highest BCUT2D eigenvalue weighted by Gasteiger charge is 2.19. The van der Waals surface area contributed by atoms with Gasteiger partial charge in [-0.05, 0) is 30.2 Å². The lowest BCUT2D eigenvalue weighted by Crippen LogP contribution is -2.18. The molecule has 0 spiro atoms. The summed E-state index contributed by atoms with van der Waals surface area (Å²) >= 11 is 0. The molecule has 0 aliphatic rings. The molecule has 28 heavy (non-hydrogen) atoms. The first kappa shape index (κ1) is 17.3. The number of pyridine rings is 1. The number of benzene rings is 1. The summed E-state index contributed by atoms with van der Waals surface area (Å²) in [5, 5.41) is 2.75. The van der Waals surface area contributed by atoms with Gasteiger partial charge in [0.15, 0.2) is 11.3 Å². The number of nitrogens with zero attached hydrogens (tertiary/aromatic N) is 4. The molecule has 0 aliphatic carbocycles. The Kier molecular flexibility index (Phi) is 4.29. The Hall–Kier alpha value is -4.07. The average molecular weight is 372 g/mol. The number of imidazole rings is 1. The van der Waals surface area contributed by atoms with Gasteiger partial charge in [-0.2, -0.15) is 0 Å². The van der Waals surface area contributed by atoms with Crippen LogP contribution in [0, 0.1) is 6.92 Å². The van der Waals surface area contributed by atoms with Crippen LogP contribution in [0.2, 0.25) is 0 Å². The Morgan fingerprint density at radius 1 is 1.07 bits per heavy atom. The number of hydrogen-bond acceptors (Lipinski definition) is 5. The van der Waals surface area contributed by atoms with E-state index in [0.717, 1.165) is 11.1 Å². The Labute approximate surface area is 160 Å². The predicted octanol–water partition coefficient (Wildman–Crippen LogP) is 2.45. The zero-order chi connectivity index (χ0) is 19.7. The van der Waals surface area contributed by atoms with Crippen LogP contribution in [-0.2, 0) is 0 Å². The Morgan fingerprint density at radius 2 is 1.86 bits per heavy atom. The van der Waals surface area contributed by atoms with Gasteiger partial charge in [-0.1, -0.05) is 36.4 Å². The molecule has 0 bridgehead atoms. The Balaban J connectivity index is 1.86. The lowest BCUT2D eigenvalue weighted by atomic mass is 10.1. The van der Waals surface area contributed by atoms with Gasteiger partial charge in [-0.25, -0.2) is 15.0 Å². The molecule has 0 unspecified atom stereocenters. The maximum atomic E-state index is 12.8. The van der Waals surface area contributed by atoms with Crippen molar-refractivity contribution in [3.8, 4) is 11.3 Å². The number of nitrogens with two attached hydrogens (primary N) is 1. The van der Waals surface area contributed by atoms with Crippen molar-refractivity contribution in [1.29, 1.82) is 0 Å². The van der Waals surface area contributed by atoms with Crippen LogP contribution in [-0.4, -0.2) is 31.2 Å². The van der Waals surface area contributed by atoms with Gasteiger partial charge in [-0.15, -0.1) is 0 Å². The van der Waals surface area contributed by atoms with Crippen molar-refractivity contribution in [2.75, 3.05) is 5.32 Å². The van der Waals surface area contributed by atoms with E-state index in [1.807, 2.05) is 43.3 Å². The maximum absolute atomic E-state index is 12.8. The van der Waals surface area contributed by atoms with Crippen LogP contribution in [0.3, 0.4) is 0 Å². The summed E-state index contributed by atoms with van der Waals surface area (Å²) in [7, 11) is 0. The summed E-state index contributed by atoms with van der Waals surface area (Å²) in [6.45, 7) is 1.84. The third kappa shape index (κ3) is 3.07. The number of carbonyl (C=O) groups excluding carboxylic acids is 2. The zero-order valence-electron chi connectivity index (χ0n) is 15.0. The van der Waals surface area contributed by atoms with Crippen LogP contribution in [0.15, 0.2) is 61.1 Å². The van der Waals surface area contributed by atoms with Gasteiger partial charge >= 0.3 is 0 Å². The third-order valence-corrected chi connectivity index (χ3v) is 4.28. The summed E-state index contributed by atoms with van der Waals surface area (Å²) < 4.78 is 1.64. The Bertz CT molecular complexity index is 1200. The van der Waals surface area contributed by atoms with E-state index >= 15 is 0 Å². The van der Waals surface area contributed by atoms with Gasteiger partial charge in [0.2, 0.25) is 0 Å². The Morgan fingerprint density at radius 3 is 2.57 bits per heavy atom. The number of carbonyl (C=O) groups is 2. The molecule has 8 nitrogen and oxygen atoms in total. The fraction of sp³-hybridized carbons (Fsp3) is 0.0500. The van der Waals surface area contributed by atoms with Crippen molar-refractivity contribution in [3.05, 3.63) is 78.0 Å². The predicted molar refractivity (Wildman–Crippen MR) is 104 cm³/mol. The SMILES string of the molecule is Cc1cccnc1NC(=O)c1cc(-c2ccccc2)n2cnc(C(N)=O)c2n1. The molecular formula is C20H16N6O2. The molecule has 4 aromatic rings. The molecule has 0 saturated heterocycles. The van der Waals surface area contributed by atoms with Crippen molar-refractivity contribution >= 4 is 23.3 Å². The van der Waals surface area contributed by atoms with Crippen molar-refractivity contribution in [1.82, 2.24) is 19.4 Å². The molecule has 4 rings (SSSR count). The van der Waals surface area contributed by atoms with Gasteiger partial charge in [0.1, 0.15) is 17.8 Å². The number of hydrogen-bond donors (Lipinski definition) is 2. The fourth-order valence-corrected chi connectivity index (χ4v) is 2.88. The molecular weight excluding hydrogens is 356 g/mol. The molecule has 2 amide bonds. The van der Waals surface area contributed by atoms with Crippen LogP contribution < -0.4 is 11.1 Å². The van der Waals surface area contributed by atoms with Crippen molar-refractivity contribution in [3.63, 3.8) is 0 Å². The van der Waals surface area contributed by atoms with E-state index < -0.39 is 11.8 Å². The number of primary amides is 1. The van der Waals surface area contributed by atoms with Crippen molar-refractivity contribution in [2.45, 2.75) is 6.92 Å². The van der Waals surface area contributed by atoms with E-state index in [1.165, 1.54) is 6.33 Å². The normalized spacial score (nSPS) is 10.8. The van der Waals surface area contributed by atoms with Crippen LogP contribution in [0.1, 0.15) is 26.5 Å². The second-order valence-corrected chi connectivity index (χ2v) is 6.17. The highest BCUT2D eigenvalue weighted by atomic mass is 16.2. The summed E-state index contributed by atoms with van der Waals surface area (Å²) in [6.07, 6.45) is 3.06. The summed E-state index contributed by atoms with van der Waals surface area (Å²) in [6, 6.07) is 14.7. The summed E-state index contributed by atoms with van der Waals surface area (Å²) in [5.74, 6) is -0.718. The monoisotopic (exact) mass is 372 g/mol. The van der Waals surface area contributed by atoms with E-state index in [9.17, 15) is 9.59 Å². The number of amides is 2. The number of aromatic nitrogens is 4. The first-order chi connectivity index (χ1) is 13.5. The largest absolute Gasteiger partial charge is 0.364 e. The van der Waals surface area contributed by atoms with Gasteiger partial charge in [0, 0.05) is 6.20 Å². The average Bonchev–Trinajstić information content (AvgIpc) is 3.14. The standard InChI is InChI=1S/C20H16N6O2/c1-12-6-5-9-22-18(12)25-20(28)14-10-15(13-7-3-2-4-8-13)26-11-23-16(17(21)27)19(26)24-14/h2-11H,1H3,(H2,21,27)(H,22,25,28). The number of fused-ring (bicyclic) bond motifs is 1. The van der Waals surface area contributed by atoms with Gasteiger partial charge in [0.25, 0.3) is 11.8 Å². The van der Waals surface area contributed by atoms with E-state index in [1.54, 1.807) is 22.7 Å². The molecule has 0 aliphatic heterocycles. The quantitative estimate of drug-likeness (QED) is 0.571. The molecule has 3 aromatic heterocycles. The minimum Gasteiger partial charge on any atom is -0.364 e. The maximum Gasteiger partial charge on any atom is 0.275 e. The highest BCUT2D eigenvalue weighted by molar-refractivity contribution is 6.04. The molecule has 8 heteroatoms. The zero-order valence-corrected chi connectivity index (χ0v) is 15.0. The molecule has 1 aromatic carbocycles. The highest BCUT2D eigenvalue weighted by Crippen LogP contribution is 2.23. The first-order valence-electron chi connectivity index (χ1n) is 8.51. The minimum absolute atomic E-state index is 0.000785. The van der Waals surface area contributed by atoms with Crippen LogP contribution >= 0.6 is 0 Å². The van der Waals surface area contributed by atoms with E-state index in [2.05, 4.69) is 20.3 Å². The van der Waals surface area contributed by atoms with E-state index in [-0.39, 0.29) is 17.0 Å². The summed E-state index contributed by atoms with van der Waals surface area (Å²) in [4.78, 5) is 37.1. The molecule has 0 atom stereocenters. The molecule has 0 saturated carbocycles. The van der Waals surface area contributed by atoms with Crippen molar-refractivity contribution < 1.29 is 9.59 Å². The van der Waals surface area contributed by atoms with E-state index in [0.29, 0.717) is 11.5 Å². The van der Waals surface area contributed by atoms with Crippen LogP contribution in [0.25, 0.3) is 16.9 Å². The van der Waals surface area contributed by atoms with Crippen molar-refractivity contribution in [2.24, 2.45) is 5.73 Å². The van der Waals surface area contributed by atoms with Gasteiger partial charge in [-0.3, -0.25) is 14.0 Å². The fourth-order valence-electron chi connectivity index (χ4n) is 2.88. The topological polar surface area (TPSA) is 115 Å². The molecule has 3 N–H and O–H groups in total. The number of nitrogens with one attached hydrogen (secondary N) is 1. The summed E-state index contributed by atoms with van der Waals surface area (Å²) in [5.41, 5.74) is 8.08. The first-order valence-corrected chi connectivity index (χ1v) is 8.51. The lowest BCUT2D eigenvalue weighted by Gasteiger charge is -2.10. The molecule has 0 fully saturated rings. The minimum atomic E-state index is -0.716. The van der Waals surface area contributed by atoms with Crippen LogP contribution in [0.4, 0.5) is 5.82 Å². The second kappa shape index (κ2) is 6.92. The number of anilines is 1. The van der Waals surface area contributed by atoms with Gasteiger partial charge < -0.3 is 11.1 Å². The smallest absolute Gasteiger partial charge is 0.275 e. The van der Waals surface area contributed by atoms with Crippen LogP contribution in [0.5, 0.6) is 0 Å². The second-order valence-electron chi connectivity index (χ2n) is 6.17. The van der Waals surface area contributed by atoms with Gasteiger partial charge in [0.05, 0.1) is 5.69 Å². The molecule has 0 radical (unpaired) electrons.